The van der Waals surface area contributed by atoms with Gasteiger partial charge in [0.1, 0.15) is 0 Å². The van der Waals surface area contributed by atoms with E-state index in [0.717, 1.165) is 6.07 Å². The molecule has 2 N–H and O–H groups in total. The van der Waals surface area contributed by atoms with E-state index < -0.39 is 12.1 Å². The smallest absolute Gasteiger partial charge is 0.451 e. The molecular formula is C13H9ClF3NO2. The molecule has 0 radical (unpaired) electrons. The number of rotatable bonds is 3. The highest BCUT2D eigenvalue weighted by molar-refractivity contribution is 6.33. The maximum absolute atomic E-state index is 12.3. The molecule has 2 rings (SSSR count). The van der Waals surface area contributed by atoms with E-state index in [4.69, 9.17) is 22.1 Å². The van der Waals surface area contributed by atoms with E-state index in [0.29, 0.717) is 0 Å². The van der Waals surface area contributed by atoms with Crippen LogP contribution in [0.4, 0.5) is 18.9 Å². The molecule has 106 valence electrons. The van der Waals surface area contributed by atoms with Crippen LogP contribution in [0.3, 0.4) is 0 Å². The Balaban J connectivity index is 2.32. The standard InChI is InChI=1S/C13H9ClF3NO2/c14-8-4-3-7-11(12(8)18)19-9-5-1-2-6-10(9)20-13(15,16)17/h1-7H,18H2. The molecular weight excluding hydrogens is 295 g/mol. The summed E-state index contributed by atoms with van der Waals surface area (Å²) in [5.74, 6) is -0.422. The number of anilines is 1. The SMILES string of the molecule is Nc1c(Cl)cccc1Oc1ccccc1OC(F)(F)F. The zero-order valence-corrected chi connectivity index (χ0v) is 10.7. The average molecular weight is 304 g/mol. The van der Waals surface area contributed by atoms with Crippen molar-refractivity contribution >= 4 is 17.3 Å². The molecule has 7 heteroatoms. The lowest BCUT2D eigenvalue weighted by Gasteiger charge is -2.14. The minimum atomic E-state index is -4.81. The lowest BCUT2D eigenvalue weighted by molar-refractivity contribution is -0.275. The van der Waals surface area contributed by atoms with Crippen LogP contribution in [0.2, 0.25) is 5.02 Å². The molecule has 0 heterocycles. The molecule has 0 aromatic heterocycles. The maximum Gasteiger partial charge on any atom is 0.573 e. The zero-order chi connectivity index (χ0) is 14.8. The van der Waals surface area contributed by atoms with Gasteiger partial charge >= 0.3 is 6.36 Å². The number of nitrogen functional groups attached to an aromatic ring is 1. The lowest BCUT2D eigenvalue weighted by Crippen LogP contribution is -2.17. The van der Waals surface area contributed by atoms with Crippen molar-refractivity contribution in [1.82, 2.24) is 0 Å². The Kier molecular flexibility index (Phi) is 3.94. The highest BCUT2D eigenvalue weighted by atomic mass is 35.5. The van der Waals surface area contributed by atoms with Crippen LogP contribution in [0.5, 0.6) is 17.2 Å². The van der Waals surface area contributed by atoms with Crippen LogP contribution in [0.25, 0.3) is 0 Å². The summed E-state index contributed by atoms with van der Waals surface area (Å²) in [6.45, 7) is 0. The normalized spacial score (nSPS) is 11.2. The van der Waals surface area contributed by atoms with E-state index in [-0.39, 0.29) is 22.2 Å². The number of nitrogens with two attached hydrogens (primary N) is 1. The Bertz CT molecular complexity index is 617. The summed E-state index contributed by atoms with van der Waals surface area (Å²) in [4.78, 5) is 0. The van der Waals surface area contributed by atoms with Crippen molar-refractivity contribution < 1.29 is 22.6 Å². The molecule has 2 aromatic rings. The number of halogens is 4. The van der Waals surface area contributed by atoms with E-state index >= 15 is 0 Å². The predicted molar refractivity (Wildman–Crippen MR) is 69.1 cm³/mol. The monoisotopic (exact) mass is 303 g/mol. The van der Waals surface area contributed by atoms with E-state index in [1.165, 1.54) is 24.3 Å². The minimum Gasteiger partial charge on any atom is -0.451 e. The van der Waals surface area contributed by atoms with Crippen LogP contribution in [-0.2, 0) is 0 Å². The van der Waals surface area contributed by atoms with Crippen molar-refractivity contribution in [3.8, 4) is 17.2 Å². The second-order valence-corrected chi connectivity index (χ2v) is 4.16. The quantitative estimate of drug-likeness (QED) is 0.842. The lowest BCUT2D eigenvalue weighted by atomic mass is 10.3. The Morgan fingerprint density at radius 3 is 2.15 bits per heavy atom. The van der Waals surface area contributed by atoms with Crippen LogP contribution in [0, 0.1) is 0 Å². The second-order valence-electron chi connectivity index (χ2n) is 3.75. The first-order valence-corrected chi connectivity index (χ1v) is 5.81. The Morgan fingerprint density at radius 1 is 0.900 bits per heavy atom. The number of alkyl halides is 3. The minimum absolute atomic E-state index is 0.112. The van der Waals surface area contributed by atoms with Gasteiger partial charge in [-0.05, 0) is 24.3 Å². The highest BCUT2D eigenvalue weighted by Gasteiger charge is 2.32. The molecule has 0 bridgehead atoms. The first kappa shape index (κ1) is 14.3. The van der Waals surface area contributed by atoms with Gasteiger partial charge in [-0.2, -0.15) is 0 Å². The number of hydrogen-bond donors (Lipinski definition) is 1. The molecule has 0 unspecified atom stereocenters. The van der Waals surface area contributed by atoms with Crippen molar-refractivity contribution in [2.24, 2.45) is 0 Å². The van der Waals surface area contributed by atoms with Gasteiger partial charge in [0.05, 0.1) is 10.7 Å². The summed E-state index contributed by atoms with van der Waals surface area (Å²) in [5.41, 5.74) is 5.82. The van der Waals surface area contributed by atoms with Gasteiger partial charge in [0, 0.05) is 0 Å². The van der Waals surface area contributed by atoms with Gasteiger partial charge in [0.15, 0.2) is 17.2 Å². The number of para-hydroxylation sites is 3. The molecule has 2 aromatic carbocycles. The molecule has 0 spiro atoms. The van der Waals surface area contributed by atoms with Crippen LogP contribution >= 0.6 is 11.6 Å². The Morgan fingerprint density at radius 2 is 1.50 bits per heavy atom. The van der Waals surface area contributed by atoms with Crippen molar-refractivity contribution in [3.05, 3.63) is 47.5 Å². The van der Waals surface area contributed by atoms with Gasteiger partial charge in [-0.1, -0.05) is 29.8 Å². The third-order valence-electron chi connectivity index (χ3n) is 2.31. The van der Waals surface area contributed by atoms with Gasteiger partial charge in [0.25, 0.3) is 0 Å². The van der Waals surface area contributed by atoms with Crippen molar-refractivity contribution in [2.45, 2.75) is 6.36 Å². The molecule has 0 fully saturated rings. The molecule has 0 saturated heterocycles. The zero-order valence-electron chi connectivity index (χ0n) is 9.95. The fourth-order valence-corrected chi connectivity index (χ4v) is 1.63. The fraction of sp³-hybridized carbons (Fsp3) is 0.0769. The van der Waals surface area contributed by atoms with Crippen molar-refractivity contribution in [2.75, 3.05) is 5.73 Å². The first-order chi connectivity index (χ1) is 9.37. The van der Waals surface area contributed by atoms with E-state index in [1.807, 2.05) is 0 Å². The van der Waals surface area contributed by atoms with Crippen LogP contribution in [0.1, 0.15) is 0 Å². The molecule has 0 aliphatic rings. The summed E-state index contributed by atoms with van der Waals surface area (Å²) >= 11 is 5.81. The predicted octanol–water partition coefficient (Wildman–Crippen LogP) is 4.61. The van der Waals surface area contributed by atoms with Crippen LogP contribution in [0.15, 0.2) is 42.5 Å². The average Bonchev–Trinajstić information content (AvgIpc) is 2.35. The number of benzene rings is 2. The summed E-state index contributed by atoms with van der Waals surface area (Å²) in [6.07, 6.45) is -4.81. The van der Waals surface area contributed by atoms with Gasteiger partial charge in [-0.3, -0.25) is 0 Å². The number of hydrogen-bond acceptors (Lipinski definition) is 3. The van der Waals surface area contributed by atoms with Gasteiger partial charge < -0.3 is 15.2 Å². The van der Waals surface area contributed by atoms with Gasteiger partial charge in [-0.25, -0.2) is 0 Å². The topological polar surface area (TPSA) is 44.5 Å². The van der Waals surface area contributed by atoms with Crippen LogP contribution < -0.4 is 15.2 Å². The molecule has 20 heavy (non-hydrogen) atoms. The third kappa shape index (κ3) is 3.48. The fourth-order valence-electron chi connectivity index (χ4n) is 1.47. The summed E-state index contributed by atoms with van der Waals surface area (Å²) in [5, 5.41) is 0.247. The van der Waals surface area contributed by atoms with E-state index in [9.17, 15) is 13.2 Å². The second kappa shape index (κ2) is 5.50. The molecule has 3 nitrogen and oxygen atoms in total. The summed E-state index contributed by atoms with van der Waals surface area (Å²) in [6, 6.07) is 9.99. The molecule has 0 aliphatic heterocycles. The largest absolute Gasteiger partial charge is 0.573 e. The van der Waals surface area contributed by atoms with Gasteiger partial charge in [0.2, 0.25) is 0 Å². The number of ether oxygens (including phenoxy) is 2. The molecule has 0 saturated carbocycles. The third-order valence-corrected chi connectivity index (χ3v) is 2.64. The van der Waals surface area contributed by atoms with Crippen LogP contribution in [-0.4, -0.2) is 6.36 Å². The Hall–Kier alpha value is -2.08. The Labute approximate surface area is 117 Å². The van der Waals surface area contributed by atoms with E-state index in [2.05, 4.69) is 4.74 Å². The maximum atomic E-state index is 12.3. The first-order valence-electron chi connectivity index (χ1n) is 5.43. The highest BCUT2D eigenvalue weighted by Crippen LogP contribution is 2.38. The van der Waals surface area contributed by atoms with Gasteiger partial charge in [-0.15, -0.1) is 13.2 Å². The molecule has 0 atom stereocenters. The molecule has 0 aliphatic carbocycles. The summed E-state index contributed by atoms with van der Waals surface area (Å²) < 4.78 is 46.0. The van der Waals surface area contributed by atoms with Crippen molar-refractivity contribution in [3.63, 3.8) is 0 Å². The van der Waals surface area contributed by atoms with Crippen molar-refractivity contribution in [1.29, 1.82) is 0 Å². The molecule has 0 amide bonds. The van der Waals surface area contributed by atoms with E-state index in [1.54, 1.807) is 12.1 Å². The summed E-state index contributed by atoms with van der Waals surface area (Å²) in [7, 11) is 0.